The van der Waals surface area contributed by atoms with E-state index in [9.17, 15) is 5.11 Å². The number of piperidine rings is 1. The first-order valence-electron chi connectivity index (χ1n) is 7.94. The summed E-state index contributed by atoms with van der Waals surface area (Å²) in [6.45, 7) is 1.16. The van der Waals surface area contributed by atoms with Gasteiger partial charge in [-0.2, -0.15) is 0 Å². The lowest BCUT2D eigenvalue weighted by atomic mass is 9.52. The number of nitrogens with zero attached hydrogens (tertiary/aromatic N) is 1. The first-order valence-corrected chi connectivity index (χ1v) is 7.94. The van der Waals surface area contributed by atoms with E-state index in [0.29, 0.717) is 17.9 Å². The standard InChI is InChI=1S/C17H21NO2.BrH/c1-18-8-7-17-11-3-2-4-14(17)20-16-13(19)6-5-10(15(16)17)9-12(11)18;/h5-6,11-12,14,19H,2-4,7-9H2,1H3;1H/t11-,12-,14+,17-;/m1./s1. The molecule has 1 aromatic rings. The quantitative estimate of drug-likeness (QED) is 0.779. The van der Waals surface area contributed by atoms with Gasteiger partial charge >= 0.3 is 0 Å². The van der Waals surface area contributed by atoms with E-state index in [4.69, 9.17) is 4.74 Å². The Kier molecular flexibility index (Phi) is 2.90. The Labute approximate surface area is 136 Å². The van der Waals surface area contributed by atoms with Crippen LogP contribution in [-0.4, -0.2) is 35.7 Å². The highest BCUT2D eigenvalue weighted by molar-refractivity contribution is 8.93. The van der Waals surface area contributed by atoms with Gasteiger partial charge in [-0.25, -0.2) is 0 Å². The minimum Gasteiger partial charge on any atom is -0.504 e. The Balaban J connectivity index is 0.00000115. The van der Waals surface area contributed by atoms with Crippen molar-refractivity contribution >= 4 is 17.0 Å². The number of hydrogen-bond donors (Lipinski definition) is 1. The predicted octanol–water partition coefficient (Wildman–Crippen LogP) is 3.03. The smallest absolute Gasteiger partial charge is 0.165 e. The van der Waals surface area contributed by atoms with Crippen LogP contribution in [0.25, 0.3) is 0 Å². The van der Waals surface area contributed by atoms with Crippen LogP contribution in [0.3, 0.4) is 0 Å². The number of likely N-dealkylation sites (tertiary alicyclic amines) is 1. The summed E-state index contributed by atoms with van der Waals surface area (Å²) in [5.74, 6) is 1.89. The first-order chi connectivity index (χ1) is 9.72. The molecule has 1 aromatic carbocycles. The molecule has 0 aromatic heterocycles. The summed E-state index contributed by atoms with van der Waals surface area (Å²) in [6.07, 6.45) is 6.37. The number of halogens is 1. The number of benzene rings is 1. The second-order valence-corrected chi connectivity index (χ2v) is 7.13. The molecule has 4 atom stereocenters. The summed E-state index contributed by atoms with van der Waals surface area (Å²) < 4.78 is 6.28. The van der Waals surface area contributed by atoms with E-state index in [0.717, 1.165) is 31.1 Å². The van der Waals surface area contributed by atoms with E-state index in [-0.39, 0.29) is 22.4 Å². The van der Waals surface area contributed by atoms with Gasteiger partial charge in [-0.1, -0.05) is 6.07 Å². The van der Waals surface area contributed by atoms with E-state index in [1.807, 2.05) is 6.07 Å². The summed E-state index contributed by atoms with van der Waals surface area (Å²) in [5, 5.41) is 10.2. The number of ether oxygens (including phenoxy) is 1. The predicted molar refractivity (Wildman–Crippen MR) is 86.6 cm³/mol. The van der Waals surface area contributed by atoms with Gasteiger partial charge in [0.05, 0.1) is 0 Å². The largest absolute Gasteiger partial charge is 0.504 e. The van der Waals surface area contributed by atoms with Crippen LogP contribution in [0.1, 0.15) is 36.8 Å². The molecule has 2 aliphatic carbocycles. The van der Waals surface area contributed by atoms with Crippen molar-refractivity contribution in [2.45, 2.75) is 49.7 Å². The summed E-state index contributed by atoms with van der Waals surface area (Å²) >= 11 is 0. The molecule has 4 aliphatic rings. The number of likely N-dealkylation sites (N-methyl/N-ethyl adjacent to an activating group) is 1. The number of aromatic hydroxyl groups is 1. The van der Waals surface area contributed by atoms with Crippen LogP contribution in [0.4, 0.5) is 0 Å². The van der Waals surface area contributed by atoms with Crippen LogP contribution in [0.5, 0.6) is 11.5 Å². The van der Waals surface area contributed by atoms with Crippen LogP contribution < -0.4 is 4.74 Å². The Morgan fingerprint density at radius 2 is 2.19 bits per heavy atom. The number of phenols is 1. The molecule has 5 rings (SSSR count). The molecule has 0 amide bonds. The van der Waals surface area contributed by atoms with Gasteiger partial charge in [0.2, 0.25) is 0 Å². The van der Waals surface area contributed by atoms with Crippen LogP contribution in [0.2, 0.25) is 0 Å². The molecule has 0 unspecified atom stereocenters. The SMILES string of the molecule is Br.CN1CC[C@]23c4c5ccc(O)c4O[C@H]2CCC[C@@H]3[C@H]1C5. The third kappa shape index (κ3) is 1.48. The molecule has 1 saturated carbocycles. The van der Waals surface area contributed by atoms with Crippen LogP contribution in [0.15, 0.2) is 12.1 Å². The summed E-state index contributed by atoms with van der Waals surface area (Å²) in [7, 11) is 2.28. The normalized spacial score (nSPS) is 39.2. The molecule has 2 aliphatic heterocycles. The zero-order valence-electron chi connectivity index (χ0n) is 12.3. The maximum Gasteiger partial charge on any atom is 0.165 e. The Hall–Kier alpha value is -0.740. The minimum atomic E-state index is 0. The maximum atomic E-state index is 10.2. The topological polar surface area (TPSA) is 32.7 Å². The highest BCUT2D eigenvalue weighted by Crippen LogP contribution is 2.63. The fourth-order valence-corrected chi connectivity index (χ4v) is 5.71. The van der Waals surface area contributed by atoms with E-state index in [2.05, 4.69) is 18.0 Å². The van der Waals surface area contributed by atoms with Crippen molar-refractivity contribution in [1.82, 2.24) is 4.90 Å². The molecule has 1 saturated heterocycles. The fourth-order valence-electron chi connectivity index (χ4n) is 5.71. The molecule has 2 heterocycles. The van der Waals surface area contributed by atoms with Crippen molar-refractivity contribution in [2.24, 2.45) is 5.92 Å². The second kappa shape index (κ2) is 4.39. The molecule has 2 fully saturated rings. The van der Waals surface area contributed by atoms with Crippen molar-refractivity contribution in [2.75, 3.05) is 13.6 Å². The lowest BCUT2D eigenvalue weighted by Crippen LogP contribution is -2.63. The molecule has 4 heteroatoms. The molecule has 21 heavy (non-hydrogen) atoms. The third-order valence-electron chi connectivity index (χ3n) is 6.50. The van der Waals surface area contributed by atoms with Gasteiger partial charge in [0.15, 0.2) is 11.5 Å². The number of rotatable bonds is 0. The zero-order valence-corrected chi connectivity index (χ0v) is 14.1. The molecular formula is C17H22BrNO2. The average molecular weight is 352 g/mol. The highest BCUT2D eigenvalue weighted by Gasteiger charge is 2.62. The lowest BCUT2D eigenvalue weighted by Gasteiger charge is -2.57. The molecule has 1 N–H and O–H groups in total. The van der Waals surface area contributed by atoms with E-state index in [1.165, 1.54) is 30.4 Å². The lowest BCUT2D eigenvalue weighted by molar-refractivity contribution is -0.0426. The summed E-state index contributed by atoms with van der Waals surface area (Å²) in [5.41, 5.74) is 3.02. The van der Waals surface area contributed by atoms with Crippen LogP contribution in [-0.2, 0) is 11.8 Å². The zero-order chi connectivity index (χ0) is 13.5. The molecular weight excluding hydrogens is 330 g/mol. The first kappa shape index (κ1) is 13.9. The van der Waals surface area contributed by atoms with Crippen molar-refractivity contribution in [3.63, 3.8) is 0 Å². The Bertz CT molecular complexity index is 605. The van der Waals surface area contributed by atoms with Gasteiger partial charge in [-0.3, -0.25) is 0 Å². The fraction of sp³-hybridized carbons (Fsp3) is 0.647. The summed E-state index contributed by atoms with van der Waals surface area (Å²) in [4.78, 5) is 2.56. The second-order valence-electron chi connectivity index (χ2n) is 7.13. The van der Waals surface area contributed by atoms with Crippen LogP contribution >= 0.6 is 17.0 Å². The van der Waals surface area contributed by atoms with Gasteiger partial charge in [-0.05, 0) is 63.2 Å². The van der Waals surface area contributed by atoms with E-state index < -0.39 is 0 Å². The van der Waals surface area contributed by atoms with Crippen molar-refractivity contribution in [3.05, 3.63) is 23.3 Å². The van der Waals surface area contributed by atoms with Gasteiger partial charge < -0.3 is 14.7 Å². The monoisotopic (exact) mass is 351 g/mol. The highest BCUT2D eigenvalue weighted by atomic mass is 79.9. The van der Waals surface area contributed by atoms with Gasteiger partial charge in [0.25, 0.3) is 0 Å². The van der Waals surface area contributed by atoms with Gasteiger partial charge in [0, 0.05) is 17.0 Å². The molecule has 0 radical (unpaired) electrons. The molecule has 3 nitrogen and oxygen atoms in total. The molecule has 1 spiro atoms. The van der Waals surface area contributed by atoms with E-state index in [1.54, 1.807) is 0 Å². The van der Waals surface area contributed by atoms with Gasteiger partial charge in [0.1, 0.15) is 6.10 Å². The molecule has 2 bridgehead atoms. The van der Waals surface area contributed by atoms with Gasteiger partial charge in [-0.15, -0.1) is 17.0 Å². The number of hydrogen-bond acceptors (Lipinski definition) is 3. The third-order valence-corrected chi connectivity index (χ3v) is 6.50. The van der Waals surface area contributed by atoms with Crippen molar-refractivity contribution in [1.29, 1.82) is 0 Å². The average Bonchev–Trinajstić information content (AvgIpc) is 2.79. The van der Waals surface area contributed by atoms with E-state index >= 15 is 0 Å². The molecule has 114 valence electrons. The summed E-state index contributed by atoms with van der Waals surface area (Å²) in [6, 6.07) is 4.63. The Morgan fingerprint density at radius 3 is 3.05 bits per heavy atom. The van der Waals surface area contributed by atoms with Crippen molar-refractivity contribution in [3.8, 4) is 11.5 Å². The minimum absolute atomic E-state index is 0. The number of phenolic OH excluding ortho intramolecular Hbond substituents is 1. The Morgan fingerprint density at radius 1 is 1.33 bits per heavy atom. The maximum absolute atomic E-state index is 10.2. The van der Waals surface area contributed by atoms with Crippen molar-refractivity contribution < 1.29 is 9.84 Å². The van der Waals surface area contributed by atoms with Crippen LogP contribution in [0, 0.1) is 5.92 Å².